The van der Waals surface area contributed by atoms with Crippen molar-refractivity contribution in [1.29, 1.82) is 0 Å². The van der Waals surface area contributed by atoms with Gasteiger partial charge in [0.25, 0.3) is 0 Å². The lowest BCUT2D eigenvalue weighted by Gasteiger charge is -1.79. The minimum atomic E-state index is 0.634. The normalized spacial score (nSPS) is 34.2. The Hall–Kier alpha value is -0.0800. The first-order valence-corrected chi connectivity index (χ1v) is 1.84. The minimum Gasteiger partial charge on any atom is -0.304 e. The molecule has 1 rings (SSSR count). The van der Waals surface area contributed by atoms with Gasteiger partial charge in [0.05, 0.1) is 6.17 Å². The second kappa shape index (κ2) is 0.954. The summed E-state index contributed by atoms with van der Waals surface area (Å²) < 4.78 is 0. The molecule has 0 aromatic carbocycles. The van der Waals surface area contributed by atoms with Crippen molar-refractivity contribution in [2.24, 2.45) is 0 Å². The van der Waals surface area contributed by atoms with E-state index < -0.39 is 0 Å². The zero-order chi connectivity index (χ0) is 3.70. The molecule has 0 bridgehead atoms. The average molecular weight is 72.1 g/mol. The highest BCUT2D eigenvalue weighted by Crippen LogP contribution is 1.84. The predicted octanol–water partition coefficient (Wildman–Crippen LogP) is -0.865. The van der Waals surface area contributed by atoms with Crippen LogP contribution >= 0.6 is 0 Å². The molecule has 2 nitrogen and oxygen atoms in total. The van der Waals surface area contributed by atoms with E-state index in [-0.39, 0.29) is 0 Å². The van der Waals surface area contributed by atoms with Crippen molar-refractivity contribution in [3.05, 3.63) is 0 Å². The maximum absolute atomic E-state index is 3.07. The fourth-order valence-corrected chi connectivity index (χ4v) is 0.263. The van der Waals surface area contributed by atoms with Crippen LogP contribution < -0.4 is 10.6 Å². The van der Waals surface area contributed by atoms with Crippen LogP contribution in [0.5, 0.6) is 0 Å². The van der Waals surface area contributed by atoms with Crippen LogP contribution in [0, 0.1) is 0 Å². The molecule has 2 heteroatoms. The third-order valence-corrected chi connectivity index (χ3v) is 0.757. The fourth-order valence-electron chi connectivity index (χ4n) is 0.263. The van der Waals surface area contributed by atoms with Crippen molar-refractivity contribution in [1.82, 2.24) is 10.6 Å². The molecule has 5 heavy (non-hydrogen) atoms. The van der Waals surface area contributed by atoms with Gasteiger partial charge < -0.3 is 5.32 Å². The topological polar surface area (TPSA) is 34.0 Å². The Morgan fingerprint density at radius 3 is 2.60 bits per heavy atom. The average Bonchev–Trinajstić information content (AvgIpc) is 2.12. The zero-order valence-electron chi connectivity index (χ0n) is 3.28. The van der Waals surface area contributed by atoms with Crippen molar-refractivity contribution in [2.45, 2.75) is 6.17 Å². The van der Waals surface area contributed by atoms with Gasteiger partial charge in [-0.25, -0.2) is 0 Å². The Balaban J connectivity index is 2.00. The molecule has 1 unspecified atom stereocenters. The largest absolute Gasteiger partial charge is 0.304 e. The monoisotopic (exact) mass is 72.1 g/mol. The molecule has 1 aliphatic rings. The first-order chi connectivity index (χ1) is 2.43. The molecule has 1 aliphatic heterocycles. The van der Waals surface area contributed by atoms with E-state index in [1.54, 1.807) is 0 Å². The first-order valence-electron chi connectivity index (χ1n) is 1.84. The van der Waals surface area contributed by atoms with Crippen LogP contribution in [-0.2, 0) is 0 Å². The van der Waals surface area contributed by atoms with Gasteiger partial charge in [0.15, 0.2) is 0 Å². The van der Waals surface area contributed by atoms with Crippen LogP contribution in [0.2, 0.25) is 0 Å². The van der Waals surface area contributed by atoms with E-state index in [1.807, 2.05) is 7.05 Å². The molecule has 1 saturated heterocycles. The lowest BCUT2D eigenvalue weighted by molar-refractivity contribution is 0.794. The van der Waals surface area contributed by atoms with Gasteiger partial charge >= 0.3 is 0 Å². The Kier molecular flexibility index (Phi) is 0.596. The van der Waals surface area contributed by atoms with E-state index in [4.69, 9.17) is 0 Å². The SMILES string of the molecule is CNC1CN1. The summed E-state index contributed by atoms with van der Waals surface area (Å²) in [6.07, 6.45) is 0.634. The van der Waals surface area contributed by atoms with Gasteiger partial charge in [0.1, 0.15) is 0 Å². The summed E-state index contributed by atoms with van der Waals surface area (Å²) in [5.74, 6) is 0. The number of likely N-dealkylation sites (N-methyl/N-ethyl adjacent to an activating group) is 1. The summed E-state index contributed by atoms with van der Waals surface area (Å²) in [4.78, 5) is 0. The molecule has 30 valence electrons. The molecule has 1 heterocycles. The quantitative estimate of drug-likeness (QED) is 0.395. The van der Waals surface area contributed by atoms with Crippen molar-refractivity contribution in [3.63, 3.8) is 0 Å². The van der Waals surface area contributed by atoms with E-state index in [2.05, 4.69) is 10.6 Å². The van der Waals surface area contributed by atoms with Crippen LogP contribution in [0.3, 0.4) is 0 Å². The Bertz CT molecular complexity index is 31.9. The predicted molar refractivity (Wildman–Crippen MR) is 20.9 cm³/mol. The lowest BCUT2D eigenvalue weighted by Crippen LogP contribution is -2.12. The van der Waals surface area contributed by atoms with E-state index in [1.165, 1.54) is 0 Å². The number of hydrogen-bond donors (Lipinski definition) is 2. The van der Waals surface area contributed by atoms with Crippen LogP contribution in [0.4, 0.5) is 0 Å². The van der Waals surface area contributed by atoms with E-state index in [0.717, 1.165) is 6.54 Å². The summed E-state index contributed by atoms with van der Waals surface area (Å²) in [7, 11) is 1.95. The van der Waals surface area contributed by atoms with Gasteiger partial charge in [0.2, 0.25) is 0 Å². The van der Waals surface area contributed by atoms with E-state index in [0.29, 0.717) is 6.17 Å². The van der Waals surface area contributed by atoms with Crippen LogP contribution in [-0.4, -0.2) is 19.8 Å². The highest BCUT2D eigenvalue weighted by Gasteiger charge is 2.15. The summed E-state index contributed by atoms with van der Waals surface area (Å²) in [6.45, 7) is 1.15. The zero-order valence-corrected chi connectivity index (χ0v) is 3.28. The van der Waals surface area contributed by atoms with Gasteiger partial charge in [-0.15, -0.1) is 0 Å². The van der Waals surface area contributed by atoms with Gasteiger partial charge in [-0.1, -0.05) is 0 Å². The smallest absolute Gasteiger partial charge is 0.0699 e. The Morgan fingerprint density at radius 1 is 2.00 bits per heavy atom. The fraction of sp³-hybridized carbons (Fsp3) is 1.00. The van der Waals surface area contributed by atoms with Crippen molar-refractivity contribution in [3.8, 4) is 0 Å². The molecular weight excluding hydrogens is 64.0 g/mol. The van der Waals surface area contributed by atoms with Crippen molar-refractivity contribution >= 4 is 0 Å². The van der Waals surface area contributed by atoms with E-state index >= 15 is 0 Å². The molecule has 2 N–H and O–H groups in total. The summed E-state index contributed by atoms with van der Waals surface area (Å²) >= 11 is 0. The second-order valence-electron chi connectivity index (χ2n) is 1.25. The Labute approximate surface area is 31.6 Å². The molecular formula is C3H8N2. The van der Waals surface area contributed by atoms with Crippen molar-refractivity contribution < 1.29 is 0 Å². The van der Waals surface area contributed by atoms with Crippen molar-refractivity contribution in [2.75, 3.05) is 13.6 Å². The number of nitrogens with one attached hydrogen (secondary N) is 2. The summed E-state index contributed by atoms with van der Waals surface area (Å²) in [5, 5.41) is 6.10. The molecule has 0 aromatic heterocycles. The molecule has 0 aromatic rings. The summed E-state index contributed by atoms with van der Waals surface area (Å²) in [6, 6.07) is 0. The molecule has 0 radical (unpaired) electrons. The highest BCUT2D eigenvalue weighted by molar-refractivity contribution is 4.77. The second-order valence-corrected chi connectivity index (χ2v) is 1.25. The molecule has 1 fully saturated rings. The molecule has 0 amide bonds. The Morgan fingerprint density at radius 2 is 2.60 bits per heavy atom. The van der Waals surface area contributed by atoms with Gasteiger partial charge in [-0.3, -0.25) is 5.32 Å². The lowest BCUT2D eigenvalue weighted by atomic mass is 10.8. The van der Waals surface area contributed by atoms with Gasteiger partial charge in [-0.05, 0) is 7.05 Å². The molecule has 0 spiro atoms. The van der Waals surface area contributed by atoms with Crippen LogP contribution in [0.15, 0.2) is 0 Å². The van der Waals surface area contributed by atoms with Gasteiger partial charge in [-0.2, -0.15) is 0 Å². The van der Waals surface area contributed by atoms with Crippen LogP contribution in [0.1, 0.15) is 0 Å². The third kappa shape index (κ3) is 0.597. The first kappa shape index (κ1) is 3.12. The van der Waals surface area contributed by atoms with E-state index in [9.17, 15) is 0 Å². The maximum Gasteiger partial charge on any atom is 0.0699 e. The van der Waals surface area contributed by atoms with Crippen LogP contribution in [0.25, 0.3) is 0 Å². The molecule has 0 saturated carbocycles. The number of rotatable bonds is 1. The van der Waals surface area contributed by atoms with Gasteiger partial charge in [0, 0.05) is 6.54 Å². The minimum absolute atomic E-state index is 0.634. The number of hydrogen-bond acceptors (Lipinski definition) is 2. The molecule has 1 atom stereocenters. The molecule has 0 aliphatic carbocycles. The standard InChI is InChI=1S/C3H8N2/c1-4-3-2-5-3/h3-5H,2H2,1H3. The summed E-state index contributed by atoms with van der Waals surface area (Å²) in [5.41, 5.74) is 0. The maximum atomic E-state index is 3.07. The highest BCUT2D eigenvalue weighted by atomic mass is 15.2. The third-order valence-electron chi connectivity index (χ3n) is 0.757.